The van der Waals surface area contributed by atoms with Crippen LogP contribution >= 0.6 is 0 Å². The van der Waals surface area contributed by atoms with Crippen LogP contribution in [0.5, 0.6) is 5.75 Å². The van der Waals surface area contributed by atoms with Crippen molar-refractivity contribution in [3.05, 3.63) is 89.5 Å². The maximum Gasteiger partial charge on any atom is 0.278 e. The number of para-hydroxylation sites is 1. The zero-order valence-electron chi connectivity index (χ0n) is 18.2. The number of ether oxygens (including phenoxy) is 1. The van der Waals surface area contributed by atoms with Gasteiger partial charge in [0.25, 0.3) is 15.9 Å². The summed E-state index contributed by atoms with van der Waals surface area (Å²) in [5, 5.41) is 0. The zero-order chi connectivity index (χ0) is 22.6. The number of rotatable bonds is 7. The number of amides is 1. The highest BCUT2D eigenvalue weighted by atomic mass is 32.2. The summed E-state index contributed by atoms with van der Waals surface area (Å²) in [5.74, 6) is 0.234. The first-order chi connectivity index (χ1) is 14.7. The molecule has 5 nitrogen and oxygen atoms in total. The van der Waals surface area contributed by atoms with Crippen LogP contribution in [0.15, 0.2) is 77.7 Å². The van der Waals surface area contributed by atoms with Gasteiger partial charge in [-0.1, -0.05) is 55.8 Å². The highest BCUT2D eigenvalue weighted by Crippen LogP contribution is 2.26. The van der Waals surface area contributed by atoms with E-state index < -0.39 is 22.5 Å². The van der Waals surface area contributed by atoms with Gasteiger partial charge in [-0.2, -0.15) is 4.31 Å². The molecule has 0 heterocycles. The van der Waals surface area contributed by atoms with E-state index in [2.05, 4.69) is 13.8 Å². The minimum atomic E-state index is -4.10. The summed E-state index contributed by atoms with van der Waals surface area (Å²) >= 11 is 0. The Hall–Kier alpha value is -3.12. The molecule has 6 heteroatoms. The minimum absolute atomic E-state index is 0.0485. The summed E-state index contributed by atoms with van der Waals surface area (Å²) in [7, 11) is -4.10. The van der Waals surface area contributed by atoms with Crippen LogP contribution in [0.25, 0.3) is 0 Å². The Balaban J connectivity index is 1.89. The van der Waals surface area contributed by atoms with Crippen molar-refractivity contribution in [1.82, 2.24) is 0 Å². The third-order valence-corrected chi connectivity index (χ3v) is 6.77. The lowest BCUT2D eigenvalue weighted by Crippen LogP contribution is -2.40. The molecule has 0 bridgehead atoms. The van der Waals surface area contributed by atoms with Crippen LogP contribution in [-0.2, 0) is 14.8 Å². The quantitative estimate of drug-likeness (QED) is 0.508. The Kier molecular flexibility index (Phi) is 6.81. The number of sulfonamides is 1. The molecule has 0 aliphatic rings. The fraction of sp³-hybridized carbons (Fsp3) is 0.240. The van der Waals surface area contributed by atoms with Gasteiger partial charge in [0.15, 0.2) is 6.61 Å². The number of anilines is 1. The van der Waals surface area contributed by atoms with Crippen molar-refractivity contribution in [2.24, 2.45) is 0 Å². The molecule has 31 heavy (non-hydrogen) atoms. The van der Waals surface area contributed by atoms with E-state index in [4.69, 9.17) is 4.74 Å². The average molecular weight is 438 g/mol. The predicted octanol–water partition coefficient (Wildman–Crippen LogP) is 5.23. The maximum atomic E-state index is 13.3. The van der Waals surface area contributed by atoms with Crippen LogP contribution in [0.1, 0.15) is 36.5 Å². The van der Waals surface area contributed by atoms with E-state index in [9.17, 15) is 13.2 Å². The molecule has 3 aromatic carbocycles. The largest absolute Gasteiger partial charge is 0.484 e. The first kappa shape index (κ1) is 22.6. The van der Waals surface area contributed by atoms with Gasteiger partial charge >= 0.3 is 0 Å². The molecule has 0 saturated carbocycles. The maximum absolute atomic E-state index is 13.3. The number of carbonyl (C=O) groups is 1. The van der Waals surface area contributed by atoms with Gasteiger partial charge in [0.05, 0.1) is 10.6 Å². The Bertz CT molecular complexity index is 1150. The second kappa shape index (κ2) is 9.35. The summed E-state index contributed by atoms with van der Waals surface area (Å²) in [6.45, 7) is 7.68. The molecule has 0 saturated heterocycles. The Morgan fingerprint density at radius 3 is 2.16 bits per heavy atom. The molecule has 0 aromatic heterocycles. The number of hydrogen-bond acceptors (Lipinski definition) is 4. The van der Waals surface area contributed by atoms with E-state index in [-0.39, 0.29) is 10.6 Å². The Morgan fingerprint density at radius 1 is 0.935 bits per heavy atom. The molecule has 0 unspecified atom stereocenters. The van der Waals surface area contributed by atoms with Gasteiger partial charge < -0.3 is 4.74 Å². The molecule has 0 N–H and O–H groups in total. The number of nitrogens with zero attached hydrogens (tertiary/aromatic N) is 1. The number of aryl methyl sites for hydroxylation is 2. The van der Waals surface area contributed by atoms with Gasteiger partial charge in [0.1, 0.15) is 5.75 Å². The second-order valence-corrected chi connectivity index (χ2v) is 9.56. The fourth-order valence-electron chi connectivity index (χ4n) is 3.39. The Labute approximate surface area is 184 Å². The molecular formula is C25H27NO4S. The standard InChI is InChI=1S/C25H27NO4S/c1-18(2)24-15-12-22(16-20(24)4)30-17-25(27)26(21-8-6-5-7-9-21)31(28,29)23-13-10-19(3)11-14-23/h5-16,18H,17H2,1-4H3. The number of benzene rings is 3. The first-order valence-electron chi connectivity index (χ1n) is 10.1. The Morgan fingerprint density at radius 2 is 1.58 bits per heavy atom. The van der Waals surface area contributed by atoms with Gasteiger partial charge in [-0.25, -0.2) is 8.42 Å². The molecule has 1 amide bonds. The third-order valence-electron chi connectivity index (χ3n) is 5.00. The molecular weight excluding hydrogens is 410 g/mol. The van der Waals surface area contributed by atoms with Crippen molar-refractivity contribution < 1.29 is 17.9 Å². The fourth-order valence-corrected chi connectivity index (χ4v) is 4.80. The lowest BCUT2D eigenvalue weighted by Gasteiger charge is -2.23. The van der Waals surface area contributed by atoms with Gasteiger partial charge in [-0.05, 0) is 67.3 Å². The van der Waals surface area contributed by atoms with Gasteiger partial charge in [-0.3, -0.25) is 4.79 Å². The van der Waals surface area contributed by atoms with Gasteiger partial charge in [0.2, 0.25) is 0 Å². The lowest BCUT2D eigenvalue weighted by molar-refractivity contribution is -0.119. The average Bonchev–Trinajstić information content (AvgIpc) is 2.73. The molecule has 162 valence electrons. The highest BCUT2D eigenvalue weighted by Gasteiger charge is 2.31. The van der Waals surface area contributed by atoms with Crippen LogP contribution in [0.3, 0.4) is 0 Å². The molecule has 3 aromatic rings. The third kappa shape index (κ3) is 5.14. The molecule has 3 rings (SSSR count). The van der Waals surface area contributed by atoms with Gasteiger partial charge in [0, 0.05) is 0 Å². The molecule has 0 aliphatic carbocycles. The molecule has 0 radical (unpaired) electrons. The summed E-state index contributed by atoms with van der Waals surface area (Å²) in [6.07, 6.45) is 0. The predicted molar refractivity (Wildman–Crippen MR) is 123 cm³/mol. The SMILES string of the molecule is Cc1ccc(S(=O)(=O)N(C(=O)COc2ccc(C(C)C)c(C)c2)c2ccccc2)cc1. The van der Waals surface area contributed by atoms with E-state index in [0.717, 1.165) is 15.4 Å². The van der Waals surface area contributed by atoms with E-state index in [1.165, 1.54) is 17.7 Å². The van der Waals surface area contributed by atoms with E-state index in [1.807, 2.05) is 26.0 Å². The van der Waals surface area contributed by atoms with Crippen LogP contribution < -0.4 is 9.04 Å². The van der Waals surface area contributed by atoms with E-state index >= 15 is 0 Å². The number of hydrogen-bond donors (Lipinski definition) is 0. The topological polar surface area (TPSA) is 63.7 Å². The lowest BCUT2D eigenvalue weighted by atomic mass is 9.98. The van der Waals surface area contributed by atoms with Crippen molar-refractivity contribution in [3.8, 4) is 5.75 Å². The van der Waals surface area contributed by atoms with Crippen molar-refractivity contribution >= 4 is 21.6 Å². The smallest absolute Gasteiger partial charge is 0.278 e. The van der Waals surface area contributed by atoms with Crippen LogP contribution in [-0.4, -0.2) is 20.9 Å². The van der Waals surface area contributed by atoms with E-state index in [0.29, 0.717) is 11.7 Å². The normalized spacial score (nSPS) is 11.4. The van der Waals surface area contributed by atoms with E-state index in [1.54, 1.807) is 48.5 Å². The van der Waals surface area contributed by atoms with Crippen molar-refractivity contribution in [2.75, 3.05) is 10.9 Å². The summed E-state index contributed by atoms with van der Waals surface area (Å²) in [4.78, 5) is 13.1. The summed E-state index contributed by atoms with van der Waals surface area (Å²) in [6, 6.07) is 20.4. The number of carbonyl (C=O) groups excluding carboxylic acids is 1. The van der Waals surface area contributed by atoms with Crippen LogP contribution in [0.4, 0.5) is 5.69 Å². The zero-order valence-corrected chi connectivity index (χ0v) is 19.0. The second-order valence-electron chi connectivity index (χ2n) is 7.77. The molecule has 0 atom stereocenters. The van der Waals surface area contributed by atoms with Crippen LogP contribution in [0.2, 0.25) is 0 Å². The first-order valence-corrected chi connectivity index (χ1v) is 11.6. The summed E-state index contributed by atoms with van der Waals surface area (Å²) < 4.78 is 33.1. The van der Waals surface area contributed by atoms with Crippen molar-refractivity contribution in [2.45, 2.75) is 38.5 Å². The van der Waals surface area contributed by atoms with Gasteiger partial charge in [-0.15, -0.1) is 0 Å². The monoisotopic (exact) mass is 437 g/mol. The summed E-state index contributed by atoms with van der Waals surface area (Å²) in [5.41, 5.74) is 3.46. The van der Waals surface area contributed by atoms with Crippen LogP contribution in [0, 0.1) is 13.8 Å². The molecule has 0 fully saturated rings. The highest BCUT2D eigenvalue weighted by molar-refractivity contribution is 7.93. The van der Waals surface area contributed by atoms with Crippen molar-refractivity contribution in [1.29, 1.82) is 0 Å². The molecule has 0 aliphatic heterocycles. The minimum Gasteiger partial charge on any atom is -0.484 e. The van der Waals surface area contributed by atoms with Crippen molar-refractivity contribution in [3.63, 3.8) is 0 Å². The molecule has 0 spiro atoms.